The van der Waals surface area contributed by atoms with Crippen LogP contribution in [0, 0.1) is 5.92 Å². The van der Waals surface area contributed by atoms with E-state index in [1.165, 1.54) is 0 Å². The van der Waals surface area contributed by atoms with Crippen molar-refractivity contribution in [2.45, 2.75) is 12.6 Å². The van der Waals surface area contributed by atoms with Crippen molar-refractivity contribution in [3.05, 3.63) is 29.8 Å². The highest BCUT2D eigenvalue weighted by molar-refractivity contribution is 5.80. The summed E-state index contributed by atoms with van der Waals surface area (Å²) in [5.74, 6) is -1.02. The quantitative estimate of drug-likeness (QED) is 0.851. The number of carbonyl (C=O) groups is 1. The van der Waals surface area contributed by atoms with Crippen molar-refractivity contribution in [2.75, 3.05) is 18.4 Å². The second-order valence-electron chi connectivity index (χ2n) is 4.27. The van der Waals surface area contributed by atoms with Crippen LogP contribution in [0.1, 0.15) is 5.56 Å². The molecule has 98 valence electrons. The Balaban J connectivity index is 1.95. The summed E-state index contributed by atoms with van der Waals surface area (Å²) in [7, 11) is 0. The van der Waals surface area contributed by atoms with E-state index in [9.17, 15) is 18.0 Å². The van der Waals surface area contributed by atoms with Gasteiger partial charge in [0, 0.05) is 12.2 Å². The minimum absolute atomic E-state index is 0.362. The van der Waals surface area contributed by atoms with Crippen LogP contribution < -0.4 is 10.6 Å². The maximum Gasteiger partial charge on any atom is 0.405 e. The van der Waals surface area contributed by atoms with Gasteiger partial charge in [0.1, 0.15) is 6.54 Å². The van der Waals surface area contributed by atoms with Crippen molar-refractivity contribution >= 4 is 11.6 Å². The predicted octanol–water partition coefficient (Wildman–Crippen LogP) is 1.95. The highest BCUT2D eigenvalue weighted by Crippen LogP contribution is 2.24. The monoisotopic (exact) mass is 258 g/mol. The molecule has 1 aromatic carbocycles. The Kier molecular flexibility index (Phi) is 3.45. The van der Waals surface area contributed by atoms with Crippen LogP contribution in [0.15, 0.2) is 24.3 Å². The Morgan fingerprint density at radius 3 is 2.83 bits per heavy atom. The first-order valence-electron chi connectivity index (χ1n) is 5.62. The van der Waals surface area contributed by atoms with Crippen molar-refractivity contribution in [3.8, 4) is 0 Å². The lowest BCUT2D eigenvalue weighted by atomic mass is 9.93. The summed E-state index contributed by atoms with van der Waals surface area (Å²) in [4.78, 5) is 11.6. The number of para-hydroxylation sites is 1. The number of halogens is 3. The second kappa shape index (κ2) is 4.88. The molecule has 0 saturated carbocycles. The zero-order valence-electron chi connectivity index (χ0n) is 9.55. The lowest BCUT2D eigenvalue weighted by Crippen LogP contribution is -2.42. The van der Waals surface area contributed by atoms with Crippen LogP contribution in [0.5, 0.6) is 0 Å². The highest BCUT2D eigenvalue weighted by Gasteiger charge is 2.30. The second-order valence-corrected chi connectivity index (χ2v) is 4.27. The van der Waals surface area contributed by atoms with Gasteiger partial charge in [-0.15, -0.1) is 0 Å². The number of amides is 1. The van der Waals surface area contributed by atoms with Gasteiger partial charge in [0.25, 0.3) is 0 Å². The fraction of sp³-hybridized carbons (Fsp3) is 0.417. The summed E-state index contributed by atoms with van der Waals surface area (Å²) < 4.78 is 36.0. The van der Waals surface area contributed by atoms with Crippen molar-refractivity contribution in [3.63, 3.8) is 0 Å². The van der Waals surface area contributed by atoms with E-state index in [0.717, 1.165) is 11.3 Å². The fourth-order valence-electron chi connectivity index (χ4n) is 1.96. The summed E-state index contributed by atoms with van der Waals surface area (Å²) in [5.41, 5.74) is 1.90. The van der Waals surface area contributed by atoms with Crippen molar-refractivity contribution in [2.24, 2.45) is 5.92 Å². The third-order valence-electron chi connectivity index (χ3n) is 2.86. The van der Waals surface area contributed by atoms with Crippen LogP contribution in [0.4, 0.5) is 18.9 Å². The van der Waals surface area contributed by atoms with E-state index in [0.29, 0.717) is 13.0 Å². The molecule has 1 unspecified atom stereocenters. The van der Waals surface area contributed by atoms with Crippen LogP contribution in [-0.2, 0) is 11.2 Å². The summed E-state index contributed by atoms with van der Waals surface area (Å²) in [5, 5.41) is 4.97. The highest BCUT2D eigenvalue weighted by atomic mass is 19.4. The smallest absolute Gasteiger partial charge is 0.384 e. The van der Waals surface area contributed by atoms with E-state index >= 15 is 0 Å². The van der Waals surface area contributed by atoms with E-state index in [4.69, 9.17) is 0 Å². The maximum absolute atomic E-state index is 12.0. The molecule has 1 amide bonds. The van der Waals surface area contributed by atoms with Gasteiger partial charge in [0.05, 0.1) is 5.92 Å². The van der Waals surface area contributed by atoms with Gasteiger partial charge in [-0.25, -0.2) is 0 Å². The molecule has 0 aromatic heterocycles. The maximum atomic E-state index is 12.0. The lowest BCUT2D eigenvalue weighted by Gasteiger charge is -2.25. The molecule has 1 aliphatic rings. The topological polar surface area (TPSA) is 41.1 Å². The number of anilines is 1. The van der Waals surface area contributed by atoms with E-state index in [1.54, 1.807) is 0 Å². The third kappa shape index (κ3) is 3.15. The van der Waals surface area contributed by atoms with Crippen molar-refractivity contribution in [1.82, 2.24) is 5.32 Å². The number of rotatable bonds is 2. The number of carbonyl (C=O) groups excluding carboxylic acids is 1. The molecule has 2 rings (SSSR count). The average molecular weight is 258 g/mol. The molecule has 1 atom stereocenters. The standard InChI is InChI=1S/C12H13F3N2O/c13-12(14,15)7-17-11(18)9-5-8-3-1-2-4-10(8)16-6-9/h1-4,9,16H,5-7H2,(H,17,18). The largest absolute Gasteiger partial charge is 0.405 e. The number of hydrogen-bond acceptors (Lipinski definition) is 2. The van der Waals surface area contributed by atoms with Gasteiger partial charge in [0.2, 0.25) is 5.91 Å². The predicted molar refractivity (Wildman–Crippen MR) is 61.2 cm³/mol. The zero-order chi connectivity index (χ0) is 13.2. The number of alkyl halides is 3. The van der Waals surface area contributed by atoms with Crippen LogP contribution in [0.2, 0.25) is 0 Å². The Bertz CT molecular complexity index is 445. The number of hydrogen-bond donors (Lipinski definition) is 2. The molecule has 1 aromatic rings. The van der Waals surface area contributed by atoms with Crippen LogP contribution >= 0.6 is 0 Å². The molecule has 6 heteroatoms. The van der Waals surface area contributed by atoms with Gasteiger partial charge in [-0.05, 0) is 18.1 Å². The summed E-state index contributed by atoms with van der Waals surface area (Å²) >= 11 is 0. The Morgan fingerprint density at radius 2 is 2.11 bits per heavy atom. The van der Waals surface area contributed by atoms with Gasteiger partial charge < -0.3 is 10.6 Å². The summed E-state index contributed by atoms with van der Waals surface area (Å²) in [6.07, 6.45) is -3.90. The van der Waals surface area contributed by atoms with Gasteiger partial charge in [-0.3, -0.25) is 4.79 Å². The zero-order valence-corrected chi connectivity index (χ0v) is 9.55. The van der Waals surface area contributed by atoms with Crippen molar-refractivity contribution < 1.29 is 18.0 Å². The first-order valence-corrected chi connectivity index (χ1v) is 5.62. The molecule has 3 nitrogen and oxygen atoms in total. The van der Waals surface area contributed by atoms with Gasteiger partial charge in [0.15, 0.2) is 0 Å². The molecule has 0 saturated heterocycles. The Labute approximate surface area is 102 Å². The van der Waals surface area contributed by atoms with Gasteiger partial charge >= 0.3 is 6.18 Å². The molecule has 0 aliphatic carbocycles. The average Bonchev–Trinajstić information content (AvgIpc) is 2.34. The molecule has 0 bridgehead atoms. The normalized spacial score (nSPS) is 18.7. The number of fused-ring (bicyclic) bond motifs is 1. The Hall–Kier alpha value is -1.72. The first-order chi connectivity index (χ1) is 8.46. The molecule has 1 aliphatic heterocycles. The van der Waals surface area contributed by atoms with E-state index < -0.39 is 24.5 Å². The molecule has 0 spiro atoms. The van der Waals surface area contributed by atoms with Gasteiger partial charge in [-0.1, -0.05) is 18.2 Å². The van der Waals surface area contributed by atoms with Gasteiger partial charge in [-0.2, -0.15) is 13.2 Å². The molecule has 1 heterocycles. The molecule has 18 heavy (non-hydrogen) atoms. The van der Waals surface area contributed by atoms with Crippen molar-refractivity contribution in [1.29, 1.82) is 0 Å². The molecule has 2 N–H and O–H groups in total. The number of nitrogens with one attached hydrogen (secondary N) is 2. The molecular weight excluding hydrogens is 245 g/mol. The van der Waals surface area contributed by atoms with Crippen LogP contribution in [0.25, 0.3) is 0 Å². The number of benzene rings is 1. The van der Waals surface area contributed by atoms with E-state index in [1.807, 2.05) is 29.6 Å². The van der Waals surface area contributed by atoms with Crippen LogP contribution in [0.3, 0.4) is 0 Å². The summed E-state index contributed by atoms with van der Waals surface area (Å²) in [6, 6.07) is 7.47. The molecule has 0 fully saturated rings. The molecule has 0 radical (unpaired) electrons. The SMILES string of the molecule is O=C(NCC(F)(F)F)C1CNc2ccccc2C1. The van der Waals surface area contributed by atoms with E-state index in [2.05, 4.69) is 5.32 Å². The minimum atomic E-state index is -4.37. The lowest BCUT2D eigenvalue weighted by molar-refractivity contribution is -0.140. The first kappa shape index (κ1) is 12.7. The van der Waals surface area contributed by atoms with Crippen LogP contribution in [-0.4, -0.2) is 25.2 Å². The van der Waals surface area contributed by atoms with E-state index in [-0.39, 0.29) is 0 Å². The fourth-order valence-corrected chi connectivity index (χ4v) is 1.96. The summed E-state index contributed by atoms with van der Waals surface area (Å²) in [6.45, 7) is -0.912. The Morgan fingerprint density at radius 1 is 1.39 bits per heavy atom. The minimum Gasteiger partial charge on any atom is -0.384 e. The third-order valence-corrected chi connectivity index (χ3v) is 2.86. The molecular formula is C12H13F3N2O.